The minimum absolute atomic E-state index is 0.0723. The van der Waals surface area contributed by atoms with E-state index >= 15 is 0 Å². The zero-order valence-corrected chi connectivity index (χ0v) is 21.1. The topological polar surface area (TPSA) is 116 Å². The lowest BCUT2D eigenvalue weighted by Crippen LogP contribution is -2.44. The van der Waals surface area contributed by atoms with Crippen molar-refractivity contribution in [1.82, 2.24) is 19.4 Å². The summed E-state index contributed by atoms with van der Waals surface area (Å²) in [5.41, 5.74) is 0.992. The van der Waals surface area contributed by atoms with Crippen LogP contribution in [0.2, 0.25) is 0 Å². The second-order valence-electron chi connectivity index (χ2n) is 9.97. The number of hydrogen-bond donors (Lipinski definition) is 2. The number of anilines is 1. The number of ether oxygens (including phenoxy) is 1. The van der Waals surface area contributed by atoms with Gasteiger partial charge in [0.2, 0.25) is 11.9 Å². The minimum atomic E-state index is -0.264. The highest BCUT2D eigenvalue weighted by atomic mass is 16.5. The highest BCUT2D eigenvalue weighted by Gasteiger charge is 2.31. The van der Waals surface area contributed by atoms with Crippen LogP contribution in [0.25, 0.3) is 16.7 Å². The van der Waals surface area contributed by atoms with Crippen molar-refractivity contribution < 1.29 is 14.6 Å². The van der Waals surface area contributed by atoms with Gasteiger partial charge in [0.1, 0.15) is 11.6 Å². The Balaban J connectivity index is 1.20. The van der Waals surface area contributed by atoms with E-state index in [1.54, 1.807) is 6.20 Å². The molecule has 2 fully saturated rings. The SMILES string of the molecule is N#CCCCOc1cccc2c1ccn2-c1ccnc(NC2CCC(C(=O)N3CCC(O)CC3)CC2)n1. The van der Waals surface area contributed by atoms with Gasteiger partial charge in [-0.1, -0.05) is 6.07 Å². The van der Waals surface area contributed by atoms with Crippen molar-refractivity contribution in [2.75, 3.05) is 25.0 Å². The molecule has 1 aliphatic carbocycles. The average Bonchev–Trinajstić information content (AvgIpc) is 3.37. The third kappa shape index (κ3) is 5.86. The lowest BCUT2D eigenvalue weighted by atomic mass is 9.85. The number of rotatable bonds is 8. The number of nitrogens with zero attached hydrogens (tertiary/aromatic N) is 5. The van der Waals surface area contributed by atoms with Gasteiger partial charge in [-0.15, -0.1) is 0 Å². The fraction of sp³-hybridized carbons (Fsp3) is 0.500. The largest absolute Gasteiger partial charge is 0.493 e. The third-order valence-corrected chi connectivity index (χ3v) is 7.46. The third-order valence-electron chi connectivity index (χ3n) is 7.46. The number of likely N-dealkylation sites (tertiary alicyclic amines) is 1. The molecule has 0 atom stereocenters. The smallest absolute Gasteiger partial charge is 0.225 e. The summed E-state index contributed by atoms with van der Waals surface area (Å²) in [6.45, 7) is 1.85. The molecule has 5 rings (SSSR count). The number of unbranched alkanes of at least 4 members (excludes halogenated alkanes) is 1. The molecule has 1 saturated carbocycles. The van der Waals surface area contributed by atoms with Crippen molar-refractivity contribution in [3.8, 4) is 17.6 Å². The Bertz CT molecular complexity index is 1250. The predicted octanol–water partition coefficient (Wildman–Crippen LogP) is 4.06. The minimum Gasteiger partial charge on any atom is -0.493 e. The number of nitrogens with one attached hydrogen (secondary N) is 1. The van der Waals surface area contributed by atoms with Crippen LogP contribution in [0.4, 0.5) is 5.95 Å². The van der Waals surface area contributed by atoms with Crippen molar-refractivity contribution in [2.45, 2.75) is 63.5 Å². The van der Waals surface area contributed by atoms with Gasteiger partial charge in [0.25, 0.3) is 0 Å². The number of carbonyl (C=O) groups excluding carboxylic acids is 1. The molecule has 37 heavy (non-hydrogen) atoms. The normalized spacial score (nSPS) is 20.5. The summed E-state index contributed by atoms with van der Waals surface area (Å²) in [5, 5.41) is 22.9. The number of aliphatic hydroxyl groups is 1. The molecular weight excluding hydrogens is 468 g/mol. The van der Waals surface area contributed by atoms with Crippen LogP contribution in [0.5, 0.6) is 5.75 Å². The molecule has 9 heteroatoms. The van der Waals surface area contributed by atoms with Crippen molar-refractivity contribution in [1.29, 1.82) is 5.26 Å². The van der Waals surface area contributed by atoms with Crippen LogP contribution in [-0.2, 0) is 4.79 Å². The summed E-state index contributed by atoms with van der Waals surface area (Å²) in [6, 6.07) is 12.2. The Morgan fingerprint density at radius 1 is 1.14 bits per heavy atom. The van der Waals surface area contributed by atoms with Gasteiger partial charge in [-0.3, -0.25) is 4.79 Å². The Hall–Kier alpha value is -3.64. The Morgan fingerprint density at radius 3 is 2.73 bits per heavy atom. The Kier molecular flexibility index (Phi) is 7.85. The molecule has 1 saturated heterocycles. The molecular formula is C28H34N6O3. The molecule has 194 valence electrons. The molecule has 0 unspecified atom stereocenters. The highest BCUT2D eigenvalue weighted by molar-refractivity contribution is 5.87. The number of carbonyl (C=O) groups is 1. The number of benzene rings is 1. The highest BCUT2D eigenvalue weighted by Crippen LogP contribution is 2.30. The van der Waals surface area contributed by atoms with Gasteiger partial charge in [0.15, 0.2) is 0 Å². The molecule has 0 spiro atoms. The maximum Gasteiger partial charge on any atom is 0.225 e. The molecule has 2 aliphatic rings. The van der Waals surface area contributed by atoms with Crippen LogP contribution in [0.15, 0.2) is 42.7 Å². The van der Waals surface area contributed by atoms with Crippen molar-refractivity contribution in [3.63, 3.8) is 0 Å². The number of amides is 1. The van der Waals surface area contributed by atoms with E-state index < -0.39 is 0 Å². The van der Waals surface area contributed by atoms with Gasteiger partial charge >= 0.3 is 0 Å². The molecule has 0 radical (unpaired) electrons. The number of hydrogen-bond acceptors (Lipinski definition) is 7. The number of aromatic nitrogens is 3. The summed E-state index contributed by atoms with van der Waals surface area (Å²) in [5.74, 6) is 2.47. The summed E-state index contributed by atoms with van der Waals surface area (Å²) in [4.78, 5) is 24.1. The van der Waals surface area contributed by atoms with Crippen molar-refractivity contribution >= 4 is 22.8 Å². The summed E-state index contributed by atoms with van der Waals surface area (Å²) < 4.78 is 7.94. The van der Waals surface area contributed by atoms with Gasteiger partial charge < -0.3 is 24.6 Å². The number of aliphatic hydroxyl groups excluding tert-OH is 1. The van der Waals surface area contributed by atoms with Crippen LogP contribution in [0, 0.1) is 17.2 Å². The maximum atomic E-state index is 12.9. The van der Waals surface area contributed by atoms with E-state index in [1.807, 2.05) is 46.0 Å². The van der Waals surface area contributed by atoms with Crippen LogP contribution in [0.3, 0.4) is 0 Å². The molecule has 0 bridgehead atoms. The quantitative estimate of drug-likeness (QED) is 0.446. The lowest BCUT2D eigenvalue weighted by Gasteiger charge is -2.35. The summed E-state index contributed by atoms with van der Waals surface area (Å²) in [7, 11) is 0. The van der Waals surface area contributed by atoms with E-state index in [1.165, 1.54) is 0 Å². The van der Waals surface area contributed by atoms with E-state index in [-0.39, 0.29) is 24.0 Å². The fourth-order valence-electron chi connectivity index (χ4n) is 5.36. The van der Waals surface area contributed by atoms with Gasteiger partial charge in [0, 0.05) is 49.2 Å². The van der Waals surface area contributed by atoms with E-state index in [0.29, 0.717) is 51.3 Å². The molecule has 2 N–H and O–H groups in total. The van der Waals surface area contributed by atoms with E-state index in [2.05, 4.69) is 16.4 Å². The zero-order valence-electron chi connectivity index (χ0n) is 21.1. The first-order valence-electron chi connectivity index (χ1n) is 13.3. The molecule has 1 aliphatic heterocycles. The number of piperidine rings is 1. The standard InChI is InChI=1S/C28H34N6O3/c29-14-1-2-19-37-25-5-3-4-24-23(25)13-18-34(24)26-10-15-30-28(32-26)31-21-8-6-20(7-9-21)27(36)33-16-11-22(35)12-17-33/h3-5,10,13,15,18,20-22,35H,1-2,6-9,11-12,16-17,19H2,(H,30,31,32). The fourth-order valence-corrected chi connectivity index (χ4v) is 5.36. The first-order chi connectivity index (χ1) is 18.1. The molecule has 3 aromatic rings. The maximum absolute atomic E-state index is 12.9. The lowest BCUT2D eigenvalue weighted by molar-refractivity contribution is -0.138. The molecule has 1 aromatic carbocycles. The van der Waals surface area contributed by atoms with Crippen LogP contribution in [0.1, 0.15) is 51.4 Å². The first-order valence-corrected chi connectivity index (χ1v) is 13.3. The van der Waals surface area contributed by atoms with E-state index in [9.17, 15) is 9.90 Å². The molecule has 2 aromatic heterocycles. The monoisotopic (exact) mass is 502 g/mol. The second kappa shape index (κ2) is 11.6. The van der Waals surface area contributed by atoms with Gasteiger partial charge in [-0.2, -0.15) is 10.2 Å². The van der Waals surface area contributed by atoms with Crippen molar-refractivity contribution in [2.24, 2.45) is 5.92 Å². The zero-order chi connectivity index (χ0) is 25.6. The molecule has 3 heterocycles. The first kappa shape index (κ1) is 25.0. The molecule has 1 amide bonds. The summed E-state index contributed by atoms with van der Waals surface area (Å²) in [6.07, 6.45) is 9.55. The molecule has 9 nitrogen and oxygen atoms in total. The van der Waals surface area contributed by atoms with E-state index in [0.717, 1.165) is 48.2 Å². The average molecular weight is 503 g/mol. The second-order valence-corrected chi connectivity index (χ2v) is 9.97. The van der Waals surface area contributed by atoms with Gasteiger partial charge in [-0.05, 0) is 69.2 Å². The number of nitriles is 1. The Morgan fingerprint density at radius 2 is 1.95 bits per heavy atom. The summed E-state index contributed by atoms with van der Waals surface area (Å²) >= 11 is 0. The number of fused-ring (bicyclic) bond motifs is 1. The van der Waals surface area contributed by atoms with Gasteiger partial charge in [-0.25, -0.2) is 4.98 Å². The van der Waals surface area contributed by atoms with Gasteiger partial charge in [0.05, 0.1) is 24.3 Å². The Labute approximate surface area is 217 Å². The van der Waals surface area contributed by atoms with Crippen LogP contribution >= 0.6 is 0 Å². The van der Waals surface area contributed by atoms with Crippen molar-refractivity contribution in [3.05, 3.63) is 42.7 Å². The van der Waals surface area contributed by atoms with Crippen LogP contribution < -0.4 is 10.1 Å². The van der Waals surface area contributed by atoms with Crippen LogP contribution in [-0.4, -0.2) is 62.3 Å². The van der Waals surface area contributed by atoms with E-state index in [4.69, 9.17) is 15.0 Å². The predicted molar refractivity (Wildman–Crippen MR) is 140 cm³/mol.